The zero-order valence-electron chi connectivity index (χ0n) is 14.3. The van der Waals surface area contributed by atoms with Crippen molar-refractivity contribution in [1.82, 2.24) is 4.98 Å². The Bertz CT molecular complexity index is 890. The van der Waals surface area contributed by atoms with E-state index in [1.807, 2.05) is 48.5 Å². The summed E-state index contributed by atoms with van der Waals surface area (Å²) in [5.74, 6) is 0.996. The standard InChI is InChI=1S/C21H19N3O2/c22-14-17-12-19(26-15-16-6-2-1-3-7-16)13-20(21(17)23)25-11-9-18-8-4-5-10-24-18/h1-8,10,12-13H,9,11,15,23H2. The molecule has 0 unspecified atom stereocenters. The first-order valence-electron chi connectivity index (χ1n) is 8.29. The second-order valence-electron chi connectivity index (χ2n) is 5.69. The number of aromatic nitrogens is 1. The van der Waals surface area contributed by atoms with Crippen LogP contribution < -0.4 is 15.2 Å². The quantitative estimate of drug-likeness (QED) is 0.660. The van der Waals surface area contributed by atoms with E-state index in [9.17, 15) is 5.26 Å². The molecule has 0 radical (unpaired) electrons. The van der Waals surface area contributed by atoms with Gasteiger partial charge in [0.2, 0.25) is 0 Å². The fraction of sp³-hybridized carbons (Fsp3) is 0.143. The first kappa shape index (κ1) is 17.3. The Kier molecular flexibility index (Phi) is 5.69. The van der Waals surface area contributed by atoms with Crippen molar-refractivity contribution in [3.05, 3.63) is 83.7 Å². The molecule has 0 aliphatic rings. The van der Waals surface area contributed by atoms with Crippen LogP contribution in [-0.2, 0) is 13.0 Å². The summed E-state index contributed by atoms with van der Waals surface area (Å²) in [5.41, 5.74) is 8.66. The highest BCUT2D eigenvalue weighted by atomic mass is 16.5. The normalized spacial score (nSPS) is 10.1. The fourth-order valence-electron chi connectivity index (χ4n) is 2.45. The van der Waals surface area contributed by atoms with Crippen molar-refractivity contribution in [2.24, 2.45) is 0 Å². The number of nitrogens with two attached hydrogens (primary N) is 1. The molecule has 0 saturated heterocycles. The average molecular weight is 345 g/mol. The van der Waals surface area contributed by atoms with Gasteiger partial charge in [-0.05, 0) is 17.7 Å². The SMILES string of the molecule is N#Cc1cc(OCc2ccccc2)cc(OCCc2ccccn2)c1N. The summed E-state index contributed by atoms with van der Waals surface area (Å²) < 4.78 is 11.6. The van der Waals surface area contributed by atoms with Crippen LogP contribution in [0.5, 0.6) is 11.5 Å². The van der Waals surface area contributed by atoms with Gasteiger partial charge >= 0.3 is 0 Å². The molecule has 0 saturated carbocycles. The van der Waals surface area contributed by atoms with E-state index in [2.05, 4.69) is 11.1 Å². The van der Waals surface area contributed by atoms with Crippen molar-refractivity contribution >= 4 is 5.69 Å². The van der Waals surface area contributed by atoms with Crippen LogP contribution in [0, 0.1) is 11.3 Å². The zero-order valence-corrected chi connectivity index (χ0v) is 14.3. The van der Waals surface area contributed by atoms with Gasteiger partial charge in [0.25, 0.3) is 0 Å². The van der Waals surface area contributed by atoms with E-state index < -0.39 is 0 Å². The maximum absolute atomic E-state index is 9.30. The molecule has 5 nitrogen and oxygen atoms in total. The number of nitrogens with zero attached hydrogens (tertiary/aromatic N) is 2. The predicted octanol–water partition coefficient (Wildman–Crippen LogP) is 3.74. The molecule has 26 heavy (non-hydrogen) atoms. The van der Waals surface area contributed by atoms with Crippen LogP contribution in [0.3, 0.4) is 0 Å². The topological polar surface area (TPSA) is 81.2 Å². The highest BCUT2D eigenvalue weighted by molar-refractivity contribution is 5.66. The molecule has 0 aliphatic heterocycles. The molecule has 2 aromatic carbocycles. The maximum atomic E-state index is 9.30. The Labute approximate surface area is 152 Å². The first-order chi connectivity index (χ1) is 12.8. The van der Waals surface area contributed by atoms with E-state index in [0.29, 0.717) is 42.4 Å². The van der Waals surface area contributed by atoms with E-state index >= 15 is 0 Å². The lowest BCUT2D eigenvalue weighted by atomic mass is 10.1. The van der Waals surface area contributed by atoms with Gasteiger partial charge in [-0.25, -0.2) is 0 Å². The summed E-state index contributed by atoms with van der Waals surface area (Å²) >= 11 is 0. The van der Waals surface area contributed by atoms with Gasteiger partial charge in [0.1, 0.15) is 24.2 Å². The van der Waals surface area contributed by atoms with Crippen LogP contribution in [0.4, 0.5) is 5.69 Å². The van der Waals surface area contributed by atoms with Crippen molar-refractivity contribution in [2.45, 2.75) is 13.0 Å². The Balaban J connectivity index is 1.69. The molecule has 0 bridgehead atoms. The monoisotopic (exact) mass is 345 g/mol. The highest BCUT2D eigenvalue weighted by Gasteiger charge is 2.11. The smallest absolute Gasteiger partial charge is 0.147 e. The van der Waals surface area contributed by atoms with Gasteiger partial charge < -0.3 is 15.2 Å². The molecule has 0 fully saturated rings. The molecule has 0 atom stereocenters. The number of hydrogen-bond acceptors (Lipinski definition) is 5. The number of rotatable bonds is 7. The maximum Gasteiger partial charge on any atom is 0.147 e. The van der Waals surface area contributed by atoms with Gasteiger partial charge in [0.15, 0.2) is 0 Å². The minimum Gasteiger partial charge on any atom is -0.491 e. The summed E-state index contributed by atoms with van der Waals surface area (Å²) in [6.45, 7) is 0.817. The van der Waals surface area contributed by atoms with Crippen LogP contribution in [0.25, 0.3) is 0 Å². The van der Waals surface area contributed by atoms with Crippen molar-refractivity contribution in [1.29, 1.82) is 5.26 Å². The van der Waals surface area contributed by atoms with E-state index in [1.165, 1.54) is 0 Å². The minimum absolute atomic E-state index is 0.320. The lowest BCUT2D eigenvalue weighted by Crippen LogP contribution is -2.06. The van der Waals surface area contributed by atoms with Crippen LogP contribution in [0.15, 0.2) is 66.9 Å². The molecule has 0 aliphatic carbocycles. The fourth-order valence-corrected chi connectivity index (χ4v) is 2.45. The molecule has 0 amide bonds. The summed E-state index contributed by atoms with van der Waals surface area (Å²) in [4.78, 5) is 4.26. The van der Waals surface area contributed by atoms with Crippen LogP contribution in [0.1, 0.15) is 16.8 Å². The van der Waals surface area contributed by atoms with Crippen LogP contribution in [0.2, 0.25) is 0 Å². The van der Waals surface area contributed by atoms with Crippen molar-refractivity contribution in [3.8, 4) is 17.6 Å². The van der Waals surface area contributed by atoms with Crippen molar-refractivity contribution in [2.75, 3.05) is 12.3 Å². The van der Waals surface area contributed by atoms with E-state index in [4.69, 9.17) is 15.2 Å². The molecule has 5 heteroatoms. The number of nitrogen functional groups attached to an aromatic ring is 1. The molecule has 0 spiro atoms. The summed E-state index contributed by atoms with van der Waals surface area (Å²) in [5, 5.41) is 9.30. The first-order valence-corrected chi connectivity index (χ1v) is 8.29. The number of hydrogen-bond donors (Lipinski definition) is 1. The van der Waals surface area contributed by atoms with Gasteiger partial charge in [-0.2, -0.15) is 5.26 Å². The zero-order chi connectivity index (χ0) is 18.2. The summed E-state index contributed by atoms with van der Waals surface area (Å²) in [6, 6.07) is 21.0. The largest absolute Gasteiger partial charge is 0.491 e. The lowest BCUT2D eigenvalue weighted by Gasteiger charge is -2.13. The average Bonchev–Trinajstić information content (AvgIpc) is 2.70. The molecular weight excluding hydrogens is 326 g/mol. The number of nitriles is 1. The van der Waals surface area contributed by atoms with Gasteiger partial charge in [0, 0.05) is 30.4 Å². The third-order valence-corrected chi connectivity index (χ3v) is 3.83. The number of anilines is 1. The predicted molar refractivity (Wildman–Crippen MR) is 99.8 cm³/mol. The highest BCUT2D eigenvalue weighted by Crippen LogP contribution is 2.31. The Morgan fingerprint density at radius 2 is 1.81 bits per heavy atom. The van der Waals surface area contributed by atoms with Gasteiger partial charge in [-0.15, -0.1) is 0 Å². The summed E-state index contributed by atoms with van der Waals surface area (Å²) in [7, 11) is 0. The van der Waals surface area contributed by atoms with Crippen LogP contribution in [-0.4, -0.2) is 11.6 Å². The molecular formula is C21H19N3O2. The summed E-state index contributed by atoms with van der Waals surface area (Å²) in [6.07, 6.45) is 2.40. The second kappa shape index (κ2) is 8.54. The molecule has 3 aromatic rings. The third-order valence-electron chi connectivity index (χ3n) is 3.83. The molecule has 3 rings (SSSR count). The van der Waals surface area contributed by atoms with Gasteiger partial charge in [0.05, 0.1) is 17.9 Å². The molecule has 2 N–H and O–H groups in total. The minimum atomic E-state index is 0.320. The van der Waals surface area contributed by atoms with Crippen molar-refractivity contribution < 1.29 is 9.47 Å². The third kappa shape index (κ3) is 4.52. The van der Waals surface area contributed by atoms with Crippen LogP contribution >= 0.6 is 0 Å². The number of pyridine rings is 1. The van der Waals surface area contributed by atoms with E-state index in [0.717, 1.165) is 11.3 Å². The number of ether oxygens (including phenoxy) is 2. The lowest BCUT2D eigenvalue weighted by molar-refractivity contribution is 0.296. The molecule has 1 aromatic heterocycles. The Morgan fingerprint density at radius 1 is 1.00 bits per heavy atom. The van der Waals surface area contributed by atoms with E-state index in [1.54, 1.807) is 18.3 Å². The van der Waals surface area contributed by atoms with Gasteiger partial charge in [-0.3, -0.25) is 4.98 Å². The van der Waals surface area contributed by atoms with E-state index in [-0.39, 0.29) is 0 Å². The van der Waals surface area contributed by atoms with Gasteiger partial charge in [-0.1, -0.05) is 36.4 Å². The van der Waals surface area contributed by atoms with Crippen molar-refractivity contribution in [3.63, 3.8) is 0 Å². The Hall–Kier alpha value is -3.52. The molecule has 130 valence electrons. The molecule has 1 heterocycles. The number of benzene rings is 2. The second-order valence-corrected chi connectivity index (χ2v) is 5.69. The Morgan fingerprint density at radius 3 is 2.54 bits per heavy atom.